The molecule has 2 fully saturated rings. The van der Waals surface area contributed by atoms with Gasteiger partial charge in [-0.1, -0.05) is 0 Å². The third kappa shape index (κ3) is 2.63. The zero-order chi connectivity index (χ0) is 11.7. The van der Waals surface area contributed by atoms with Gasteiger partial charge in [0.25, 0.3) is 0 Å². The molecule has 2 aliphatic rings. The summed E-state index contributed by atoms with van der Waals surface area (Å²) in [4.78, 5) is 0. The molecule has 0 aromatic carbocycles. The molecule has 6 heteroatoms. The van der Waals surface area contributed by atoms with Crippen LogP contribution in [0.5, 0.6) is 0 Å². The Kier molecular flexibility index (Phi) is 4.32. The van der Waals surface area contributed by atoms with Gasteiger partial charge in [0.1, 0.15) is 6.23 Å². The molecule has 1 aliphatic heterocycles. The van der Waals surface area contributed by atoms with Crippen molar-refractivity contribution in [1.29, 1.82) is 0 Å². The summed E-state index contributed by atoms with van der Waals surface area (Å²) in [5, 5.41) is 11.6. The van der Waals surface area contributed by atoms with Crippen molar-refractivity contribution in [3.63, 3.8) is 0 Å². The predicted octanol–water partition coefficient (Wildman–Crippen LogP) is 0.467. The number of nitrogens with zero attached hydrogens (tertiary/aromatic N) is 1. The highest BCUT2D eigenvalue weighted by Crippen LogP contribution is 2.35. The van der Waals surface area contributed by atoms with Crippen molar-refractivity contribution in [2.75, 3.05) is 13.1 Å². The number of halogens is 2. The smallest absolute Gasteiger partial charge is 0.106 e. The molecule has 0 aromatic rings. The number of hydrogen-bond donors (Lipinski definition) is 3. The summed E-state index contributed by atoms with van der Waals surface area (Å²) in [6, 6.07) is 0.224. The summed E-state index contributed by atoms with van der Waals surface area (Å²) in [5.41, 5.74) is 8.87. The van der Waals surface area contributed by atoms with E-state index in [2.05, 4.69) is 10.4 Å². The normalized spacial score (nSPS) is 43.5. The van der Waals surface area contributed by atoms with Gasteiger partial charge in [-0.3, -0.25) is 5.43 Å². The van der Waals surface area contributed by atoms with Crippen LogP contribution < -0.4 is 11.2 Å². The Morgan fingerprint density at radius 2 is 2.06 bits per heavy atom. The van der Waals surface area contributed by atoms with Crippen molar-refractivity contribution in [2.45, 2.75) is 42.3 Å². The highest BCUT2D eigenvalue weighted by molar-refractivity contribution is 6.24. The zero-order valence-corrected chi connectivity index (χ0v) is 10.7. The second-order valence-electron chi connectivity index (χ2n) is 4.68. The van der Waals surface area contributed by atoms with Gasteiger partial charge in [-0.15, -0.1) is 23.2 Å². The van der Waals surface area contributed by atoms with Crippen molar-refractivity contribution >= 4 is 23.2 Å². The first kappa shape index (κ1) is 12.9. The first-order valence-electron chi connectivity index (χ1n) is 5.81. The van der Waals surface area contributed by atoms with Gasteiger partial charge in [0, 0.05) is 30.4 Å². The summed E-state index contributed by atoms with van der Waals surface area (Å²) in [5.74, 6) is -0.0657. The van der Waals surface area contributed by atoms with Crippen molar-refractivity contribution in [3.05, 3.63) is 0 Å². The second kappa shape index (κ2) is 5.38. The molecule has 1 aliphatic carbocycles. The standard InChI is InChI=1S/C10H19Cl2N3O/c11-7-5-8(12)9(4-6(7)10(13)16)15-3-1-2-14-15/h6-10,14,16H,1-5,13H2/t6?,7-,8?,9?,10?/m1/s1. The summed E-state index contributed by atoms with van der Waals surface area (Å²) in [6.45, 7) is 2.01. The minimum Gasteiger partial charge on any atom is -0.378 e. The molecule has 1 saturated heterocycles. The van der Waals surface area contributed by atoms with Gasteiger partial charge in [0.15, 0.2) is 0 Å². The number of alkyl halides is 2. The SMILES string of the molecule is NC(O)C1CC(N2CCCN2)C(Cl)C[C@H]1Cl. The molecule has 0 bridgehead atoms. The van der Waals surface area contributed by atoms with E-state index >= 15 is 0 Å². The average Bonchev–Trinajstić information content (AvgIpc) is 2.70. The summed E-state index contributed by atoms with van der Waals surface area (Å²) < 4.78 is 0. The van der Waals surface area contributed by atoms with Crippen LogP contribution in [0, 0.1) is 5.92 Å². The maximum absolute atomic E-state index is 9.51. The van der Waals surface area contributed by atoms with E-state index in [0.29, 0.717) is 6.42 Å². The molecule has 16 heavy (non-hydrogen) atoms. The minimum absolute atomic E-state index is 0.0306. The molecule has 94 valence electrons. The van der Waals surface area contributed by atoms with Gasteiger partial charge in [-0.05, 0) is 19.3 Å². The van der Waals surface area contributed by atoms with Crippen LogP contribution >= 0.6 is 23.2 Å². The van der Waals surface area contributed by atoms with E-state index in [1.807, 2.05) is 0 Å². The molecule has 1 heterocycles. The quantitative estimate of drug-likeness (QED) is 0.503. The van der Waals surface area contributed by atoms with Crippen LogP contribution in [0.2, 0.25) is 0 Å². The van der Waals surface area contributed by atoms with Gasteiger partial charge in [0.2, 0.25) is 0 Å². The van der Waals surface area contributed by atoms with Crippen LogP contribution in [0.25, 0.3) is 0 Å². The van der Waals surface area contributed by atoms with Gasteiger partial charge in [0.05, 0.1) is 5.38 Å². The number of nitrogens with two attached hydrogens (primary N) is 1. The molecule has 4 unspecified atom stereocenters. The van der Waals surface area contributed by atoms with Gasteiger partial charge >= 0.3 is 0 Å². The first-order chi connectivity index (χ1) is 7.59. The van der Waals surface area contributed by atoms with Gasteiger partial charge < -0.3 is 10.8 Å². The van der Waals surface area contributed by atoms with Gasteiger partial charge in [-0.2, -0.15) is 0 Å². The highest BCUT2D eigenvalue weighted by atomic mass is 35.5. The first-order valence-corrected chi connectivity index (χ1v) is 6.69. The third-order valence-electron chi connectivity index (χ3n) is 3.58. The Bertz CT molecular complexity index is 236. The lowest BCUT2D eigenvalue weighted by atomic mass is 9.83. The molecule has 5 atom stereocenters. The molecule has 4 N–H and O–H groups in total. The molecule has 0 amide bonds. The summed E-state index contributed by atoms with van der Waals surface area (Å²) in [6.07, 6.45) is 1.75. The van der Waals surface area contributed by atoms with Crippen LogP contribution in [0.15, 0.2) is 0 Å². The molecule has 4 nitrogen and oxygen atoms in total. The number of aliphatic hydroxyl groups is 1. The second-order valence-corrected chi connectivity index (χ2v) is 5.80. The Hall–Kier alpha value is 0.420. The van der Waals surface area contributed by atoms with Crippen LogP contribution in [0.1, 0.15) is 19.3 Å². The number of nitrogens with one attached hydrogen (secondary N) is 1. The Labute approximate surface area is 106 Å². The maximum Gasteiger partial charge on any atom is 0.106 e. The molecule has 1 saturated carbocycles. The van der Waals surface area contributed by atoms with Crippen LogP contribution in [-0.2, 0) is 0 Å². The van der Waals surface area contributed by atoms with Crippen molar-refractivity contribution < 1.29 is 5.11 Å². The van der Waals surface area contributed by atoms with Crippen LogP contribution in [0.3, 0.4) is 0 Å². The topological polar surface area (TPSA) is 61.5 Å². The minimum atomic E-state index is -0.850. The van der Waals surface area contributed by atoms with E-state index in [1.165, 1.54) is 0 Å². The number of aliphatic hydroxyl groups excluding tert-OH is 1. The molecule has 0 radical (unpaired) electrons. The number of hydrazine groups is 1. The van der Waals surface area contributed by atoms with Crippen LogP contribution in [0.4, 0.5) is 0 Å². The van der Waals surface area contributed by atoms with E-state index in [4.69, 9.17) is 28.9 Å². The fourth-order valence-corrected chi connectivity index (χ4v) is 3.60. The summed E-state index contributed by atoms with van der Waals surface area (Å²) in [7, 11) is 0. The largest absolute Gasteiger partial charge is 0.378 e. The monoisotopic (exact) mass is 267 g/mol. The van der Waals surface area contributed by atoms with E-state index in [-0.39, 0.29) is 22.7 Å². The molecule has 2 rings (SSSR count). The van der Waals surface area contributed by atoms with Crippen molar-refractivity contribution in [1.82, 2.24) is 10.4 Å². The Morgan fingerprint density at radius 3 is 2.62 bits per heavy atom. The predicted molar refractivity (Wildman–Crippen MR) is 65.3 cm³/mol. The lowest BCUT2D eigenvalue weighted by molar-refractivity contribution is 0.0480. The average molecular weight is 268 g/mol. The Balaban J connectivity index is 2.01. The molecule has 0 aromatic heterocycles. The summed E-state index contributed by atoms with van der Waals surface area (Å²) >= 11 is 12.5. The molecular formula is C10H19Cl2N3O. The fourth-order valence-electron chi connectivity index (χ4n) is 2.63. The fraction of sp³-hybridized carbons (Fsp3) is 1.00. The van der Waals surface area contributed by atoms with Crippen molar-refractivity contribution in [3.8, 4) is 0 Å². The van der Waals surface area contributed by atoms with E-state index in [9.17, 15) is 5.11 Å². The van der Waals surface area contributed by atoms with Crippen molar-refractivity contribution in [2.24, 2.45) is 11.7 Å². The maximum atomic E-state index is 9.51. The molecule has 0 spiro atoms. The zero-order valence-electron chi connectivity index (χ0n) is 9.15. The van der Waals surface area contributed by atoms with E-state index in [0.717, 1.165) is 25.9 Å². The lowest BCUT2D eigenvalue weighted by Gasteiger charge is -2.41. The van der Waals surface area contributed by atoms with Gasteiger partial charge in [-0.25, -0.2) is 5.01 Å². The van der Waals surface area contributed by atoms with E-state index < -0.39 is 6.23 Å². The number of rotatable bonds is 2. The highest BCUT2D eigenvalue weighted by Gasteiger charge is 2.40. The van der Waals surface area contributed by atoms with E-state index in [1.54, 1.807) is 0 Å². The molecular weight excluding hydrogens is 249 g/mol. The third-order valence-corrected chi connectivity index (χ3v) is 4.55. The number of hydrogen-bond acceptors (Lipinski definition) is 4. The Morgan fingerprint density at radius 1 is 1.31 bits per heavy atom. The lowest BCUT2D eigenvalue weighted by Crippen LogP contribution is -2.53. The van der Waals surface area contributed by atoms with Crippen LogP contribution in [-0.4, -0.2) is 46.2 Å².